The van der Waals surface area contributed by atoms with E-state index in [0.717, 1.165) is 6.04 Å². The first-order valence-corrected chi connectivity index (χ1v) is 19.9. The molecule has 236 valence electrons. The zero-order valence-electron chi connectivity index (χ0n) is 26.0. The van der Waals surface area contributed by atoms with Gasteiger partial charge in [0.1, 0.15) is 16.9 Å². The fourth-order valence-corrected chi connectivity index (χ4v) is 7.15. The summed E-state index contributed by atoms with van der Waals surface area (Å²) < 4.78 is 56.2. The van der Waals surface area contributed by atoms with Crippen LogP contribution in [0.25, 0.3) is 32.1 Å². The molecule has 0 aliphatic carbocycles. The number of hydrogen-bond donors (Lipinski definition) is 1. The van der Waals surface area contributed by atoms with Crippen molar-refractivity contribution in [2.45, 2.75) is 77.4 Å². The second-order valence-corrected chi connectivity index (χ2v) is 20.6. The van der Waals surface area contributed by atoms with Crippen LogP contribution in [-0.4, -0.2) is 48.9 Å². The highest BCUT2D eigenvalue weighted by Crippen LogP contribution is 2.46. The molecule has 13 heteroatoms. The first kappa shape index (κ1) is 32.5. The number of fused-ring (bicyclic) bond motifs is 4. The molecule has 1 N–H and O–H groups in total. The van der Waals surface area contributed by atoms with Crippen LogP contribution in [0.1, 0.15) is 38.8 Å². The summed E-state index contributed by atoms with van der Waals surface area (Å²) in [5.74, 6) is -0.412. The molecule has 2 aromatic heterocycles. The van der Waals surface area contributed by atoms with Gasteiger partial charge in [0.25, 0.3) is 0 Å². The van der Waals surface area contributed by atoms with Gasteiger partial charge in [0.15, 0.2) is 17.8 Å². The van der Waals surface area contributed by atoms with Crippen LogP contribution in [0.5, 0.6) is 5.88 Å². The number of carbonyl (C=O) groups excluding carboxylic acids is 1. The van der Waals surface area contributed by atoms with Crippen molar-refractivity contribution in [2.75, 3.05) is 24.5 Å². The topological polar surface area (TPSA) is 91.8 Å². The standard InChI is InChI=1S/C31H37F2N3O5S2Si/c1-8-42-29-35-27-25(28(36-29)40-16-38-11-12-44(5,6)7)19-15-39-14-18(19)24(26(27)33)23-17-13-22(34-30(37)41-31(2,3)4)43-21(17)10-9-20(23)32/h9-10,13H,8,11-12,14-16H2,1-7H3,(H,34,37). The molecular weight excluding hydrogens is 625 g/mol. The largest absolute Gasteiger partial charge is 0.450 e. The van der Waals surface area contributed by atoms with Gasteiger partial charge < -0.3 is 18.9 Å². The number of ether oxygens (including phenoxy) is 4. The molecular formula is C31H37F2N3O5S2Si. The molecule has 3 heterocycles. The molecule has 1 amide bonds. The normalized spacial score (nSPS) is 13.5. The lowest BCUT2D eigenvalue weighted by Crippen LogP contribution is -2.26. The van der Waals surface area contributed by atoms with E-state index >= 15 is 8.78 Å². The van der Waals surface area contributed by atoms with Crippen molar-refractivity contribution in [1.29, 1.82) is 0 Å². The van der Waals surface area contributed by atoms with Gasteiger partial charge in [-0.15, -0.1) is 11.3 Å². The molecule has 0 atom stereocenters. The minimum absolute atomic E-state index is 0.0334. The Bertz CT molecular complexity index is 1720. The van der Waals surface area contributed by atoms with Crippen molar-refractivity contribution in [1.82, 2.24) is 9.97 Å². The van der Waals surface area contributed by atoms with Crippen LogP contribution in [0.4, 0.5) is 18.6 Å². The van der Waals surface area contributed by atoms with Gasteiger partial charge in [-0.3, -0.25) is 5.32 Å². The Morgan fingerprint density at radius 1 is 1.14 bits per heavy atom. The molecule has 1 aliphatic heterocycles. The van der Waals surface area contributed by atoms with Crippen molar-refractivity contribution in [3.8, 4) is 17.0 Å². The first-order valence-electron chi connectivity index (χ1n) is 14.4. The zero-order chi connectivity index (χ0) is 31.8. The summed E-state index contributed by atoms with van der Waals surface area (Å²) in [6, 6.07) is 5.54. The highest BCUT2D eigenvalue weighted by Gasteiger charge is 2.31. The Balaban J connectivity index is 1.61. The van der Waals surface area contributed by atoms with Crippen molar-refractivity contribution in [3.05, 3.63) is 41.0 Å². The van der Waals surface area contributed by atoms with E-state index in [2.05, 4.69) is 34.9 Å². The van der Waals surface area contributed by atoms with Gasteiger partial charge in [0.05, 0.1) is 23.6 Å². The number of halogens is 2. The maximum absolute atomic E-state index is 16.8. The van der Waals surface area contributed by atoms with Gasteiger partial charge in [-0.25, -0.2) is 18.6 Å². The fraction of sp³-hybridized carbons (Fsp3) is 0.452. The number of benzene rings is 2. The quantitative estimate of drug-likeness (QED) is 0.0592. The van der Waals surface area contributed by atoms with Gasteiger partial charge in [0.2, 0.25) is 5.88 Å². The minimum Gasteiger partial charge on any atom is -0.450 e. The van der Waals surface area contributed by atoms with Crippen molar-refractivity contribution < 1.29 is 32.5 Å². The molecule has 1 aliphatic rings. The Labute approximate surface area is 264 Å². The monoisotopic (exact) mass is 661 g/mol. The van der Waals surface area contributed by atoms with Crippen LogP contribution in [0.2, 0.25) is 25.7 Å². The molecule has 0 saturated carbocycles. The molecule has 8 nitrogen and oxygen atoms in total. The van der Waals surface area contributed by atoms with Gasteiger partial charge in [0, 0.05) is 35.9 Å². The summed E-state index contributed by atoms with van der Waals surface area (Å²) in [7, 11) is -1.28. The number of carbonyl (C=O) groups is 1. The second kappa shape index (κ2) is 12.9. The molecule has 5 rings (SSSR count). The average Bonchev–Trinajstić information content (AvgIpc) is 3.55. The zero-order valence-corrected chi connectivity index (χ0v) is 28.6. The molecule has 0 bridgehead atoms. The lowest BCUT2D eigenvalue weighted by molar-refractivity contribution is 0.0198. The third kappa shape index (κ3) is 7.17. The van der Waals surface area contributed by atoms with Gasteiger partial charge in [-0.05, 0) is 61.9 Å². The highest BCUT2D eigenvalue weighted by molar-refractivity contribution is 7.99. The molecule has 0 radical (unpaired) electrons. The number of nitrogens with one attached hydrogen (secondary N) is 1. The van der Waals surface area contributed by atoms with E-state index in [1.165, 1.54) is 29.2 Å². The van der Waals surface area contributed by atoms with Crippen molar-refractivity contribution >= 4 is 63.3 Å². The number of thiophene rings is 1. The van der Waals surface area contributed by atoms with Gasteiger partial charge in [-0.1, -0.05) is 38.3 Å². The fourth-order valence-electron chi connectivity index (χ4n) is 4.88. The van der Waals surface area contributed by atoms with Crippen LogP contribution < -0.4 is 10.1 Å². The Kier molecular flexibility index (Phi) is 9.52. The molecule has 0 spiro atoms. The number of rotatable bonds is 10. The molecule has 0 unspecified atom stereocenters. The summed E-state index contributed by atoms with van der Waals surface area (Å²) in [5.41, 5.74) is 0.673. The lowest BCUT2D eigenvalue weighted by atomic mass is 9.91. The Morgan fingerprint density at radius 3 is 2.59 bits per heavy atom. The van der Waals surface area contributed by atoms with Crippen LogP contribution in [-0.2, 0) is 27.4 Å². The van der Waals surface area contributed by atoms with E-state index < -0.39 is 31.4 Å². The number of aromatic nitrogens is 2. The summed E-state index contributed by atoms with van der Waals surface area (Å²) in [5, 5.41) is 4.37. The molecule has 44 heavy (non-hydrogen) atoms. The van der Waals surface area contributed by atoms with Crippen LogP contribution >= 0.6 is 23.1 Å². The highest BCUT2D eigenvalue weighted by atomic mass is 32.2. The number of nitrogens with zero attached hydrogens (tertiary/aromatic N) is 2. The van der Waals surface area contributed by atoms with E-state index in [0.29, 0.717) is 49.1 Å². The summed E-state index contributed by atoms with van der Waals surface area (Å²) in [4.78, 5) is 21.6. The smallest absolute Gasteiger partial charge is 0.412 e. The predicted octanol–water partition coefficient (Wildman–Crippen LogP) is 8.97. The summed E-state index contributed by atoms with van der Waals surface area (Å²) in [6.07, 6.45) is -0.632. The van der Waals surface area contributed by atoms with Crippen molar-refractivity contribution in [3.63, 3.8) is 0 Å². The number of amides is 1. The van der Waals surface area contributed by atoms with Crippen LogP contribution in [0.15, 0.2) is 23.4 Å². The summed E-state index contributed by atoms with van der Waals surface area (Å²) in [6.45, 7) is 14.8. The molecule has 0 fully saturated rings. The molecule has 2 aromatic carbocycles. The summed E-state index contributed by atoms with van der Waals surface area (Å²) >= 11 is 2.60. The Hall–Kier alpha value is -2.84. The van der Waals surface area contributed by atoms with E-state index in [9.17, 15) is 4.79 Å². The van der Waals surface area contributed by atoms with E-state index in [1.807, 2.05) is 6.92 Å². The van der Waals surface area contributed by atoms with Gasteiger partial charge >= 0.3 is 6.09 Å². The molecule has 0 saturated heterocycles. The minimum atomic E-state index is -1.28. The van der Waals surface area contributed by atoms with Crippen molar-refractivity contribution in [2.24, 2.45) is 0 Å². The van der Waals surface area contributed by atoms with Crippen LogP contribution in [0, 0.1) is 11.6 Å². The number of anilines is 1. The molecule has 4 aromatic rings. The third-order valence-electron chi connectivity index (χ3n) is 6.82. The van der Waals surface area contributed by atoms with Crippen LogP contribution in [0.3, 0.4) is 0 Å². The number of hydrogen-bond acceptors (Lipinski definition) is 9. The van der Waals surface area contributed by atoms with E-state index in [-0.39, 0.29) is 42.5 Å². The SMILES string of the molecule is CCSc1nc(OCOCC[Si](C)(C)C)c2c3c(c(-c4c(F)ccc5sc(NC(=O)OC(C)(C)C)cc45)c(F)c2n1)COC3. The third-order valence-corrected chi connectivity index (χ3v) is 10.3. The van der Waals surface area contributed by atoms with Gasteiger partial charge in [-0.2, -0.15) is 4.98 Å². The average molecular weight is 662 g/mol. The lowest BCUT2D eigenvalue weighted by Gasteiger charge is -2.19. The maximum atomic E-state index is 16.8. The number of thioether (sulfide) groups is 1. The van der Waals surface area contributed by atoms with E-state index in [1.54, 1.807) is 32.9 Å². The predicted molar refractivity (Wildman–Crippen MR) is 175 cm³/mol. The van der Waals surface area contributed by atoms with E-state index in [4.69, 9.17) is 18.9 Å². The first-order chi connectivity index (χ1) is 20.8. The maximum Gasteiger partial charge on any atom is 0.412 e. The second-order valence-electron chi connectivity index (χ2n) is 12.7. The Morgan fingerprint density at radius 2 is 1.89 bits per heavy atom.